The van der Waals surface area contributed by atoms with E-state index in [1.165, 1.54) is 0 Å². The molecule has 3 heterocycles. The highest BCUT2D eigenvalue weighted by molar-refractivity contribution is 6.00. The summed E-state index contributed by atoms with van der Waals surface area (Å²) < 4.78 is 0. The molecule has 21 N–H and O–H groups in total. The van der Waals surface area contributed by atoms with E-state index >= 15 is 0 Å². The molecular formula is C48H69N15O17. The fourth-order valence-corrected chi connectivity index (χ4v) is 9.09. The van der Waals surface area contributed by atoms with Gasteiger partial charge in [-0.1, -0.05) is 18.2 Å². The number of guanidine groups is 1. The van der Waals surface area contributed by atoms with E-state index in [1.807, 2.05) is 0 Å². The van der Waals surface area contributed by atoms with Crippen LogP contribution in [0.15, 0.2) is 30.5 Å². The maximum atomic E-state index is 14.5. The van der Waals surface area contributed by atoms with Crippen molar-refractivity contribution in [3.63, 3.8) is 0 Å². The number of amides is 10. The van der Waals surface area contributed by atoms with Crippen LogP contribution in [0.4, 0.5) is 0 Å². The maximum absolute atomic E-state index is 14.5. The summed E-state index contributed by atoms with van der Waals surface area (Å²) in [5, 5.41) is 63.4. The van der Waals surface area contributed by atoms with Crippen LogP contribution in [0.5, 0.6) is 0 Å². The lowest BCUT2D eigenvalue weighted by Gasteiger charge is -2.31. The van der Waals surface area contributed by atoms with Gasteiger partial charge in [0.25, 0.3) is 0 Å². The number of nitrogens with two attached hydrogens (primary N) is 4. The van der Waals surface area contributed by atoms with E-state index < -0.39 is 170 Å². The summed E-state index contributed by atoms with van der Waals surface area (Å²) in [4.78, 5) is 175. The van der Waals surface area contributed by atoms with Crippen LogP contribution in [0.3, 0.4) is 0 Å². The van der Waals surface area contributed by atoms with Crippen LogP contribution in [0.1, 0.15) is 82.6 Å². The number of benzene rings is 1. The van der Waals surface area contributed by atoms with E-state index in [2.05, 4.69) is 42.2 Å². The third-order valence-electron chi connectivity index (χ3n) is 13.2. The quantitative estimate of drug-likeness (QED) is 0.0184. The van der Waals surface area contributed by atoms with Crippen molar-refractivity contribution in [1.29, 1.82) is 5.41 Å². The molecule has 10 amide bonds. The topological polar surface area (TPSA) is 537 Å². The molecule has 1 aromatic heterocycles. The Morgan fingerprint density at radius 3 is 1.70 bits per heavy atom. The van der Waals surface area contributed by atoms with Crippen LogP contribution in [-0.4, -0.2) is 199 Å². The number of para-hydroxylation sites is 1. The molecule has 1 aromatic carbocycles. The Morgan fingerprint density at radius 2 is 1.16 bits per heavy atom. The third-order valence-corrected chi connectivity index (χ3v) is 13.2. The standard InChI is InChI=1S/C48H69N15O17/c49-25(11-14-37(67)68)39(71)61-32(22-64)42(74)58-29(18-23-21-55-26-7-2-1-6-24(23)26)41(73)59-30(19-36(51)66)45(77)62-16-4-9-33(62)43(75)56-27(8-3-15-54-48(52)53)40(72)60-31(20-38(69)70)46(78)63-17-5-10-34(63)44(76)57-28(47(79)80)12-13-35(50)65/h1-2,6-7,21,25,27-34,55,64H,3-5,8-20,22,49H2,(H2,50,65)(H2,51,66)(H,56,75)(H,57,76)(H,58,74)(H,59,73)(H,60,72)(H,61,71)(H,67,68)(H,69,70)(H,79,80)(H4,52,53,54)/t25-,27-,28-,29-,30-,31-,32-,33-,34-/m0/s1. The van der Waals surface area contributed by atoms with Gasteiger partial charge in [0.2, 0.25) is 59.1 Å². The first-order valence-corrected chi connectivity index (χ1v) is 25.5. The van der Waals surface area contributed by atoms with Crippen molar-refractivity contribution in [3.05, 3.63) is 36.0 Å². The predicted molar refractivity (Wildman–Crippen MR) is 276 cm³/mol. The maximum Gasteiger partial charge on any atom is 0.326 e. The van der Waals surface area contributed by atoms with Crippen molar-refractivity contribution in [2.75, 3.05) is 26.2 Å². The minimum absolute atomic E-state index is 0.0137. The van der Waals surface area contributed by atoms with Gasteiger partial charge in [-0.25, -0.2) is 4.79 Å². The van der Waals surface area contributed by atoms with Crippen LogP contribution >= 0.6 is 0 Å². The van der Waals surface area contributed by atoms with Crippen molar-refractivity contribution < 1.29 is 82.8 Å². The number of rotatable bonds is 32. The van der Waals surface area contributed by atoms with E-state index in [4.69, 9.17) is 33.5 Å². The molecule has 438 valence electrons. The fourth-order valence-electron chi connectivity index (χ4n) is 9.09. The normalized spacial score (nSPS) is 17.5. The number of aliphatic carboxylic acids is 3. The Kier molecular flexibility index (Phi) is 24.1. The Hall–Kier alpha value is -8.94. The van der Waals surface area contributed by atoms with Gasteiger partial charge < -0.3 is 95.4 Å². The number of fused-ring (bicyclic) bond motifs is 1. The number of carboxylic acid groups (broad SMARTS) is 3. The summed E-state index contributed by atoms with van der Waals surface area (Å²) in [6.07, 6.45) is -2.03. The van der Waals surface area contributed by atoms with Crippen LogP contribution in [0, 0.1) is 5.41 Å². The Labute approximate surface area is 456 Å². The number of carbonyl (C=O) groups is 13. The average molecular weight is 1130 g/mol. The van der Waals surface area contributed by atoms with E-state index in [-0.39, 0.29) is 77.4 Å². The van der Waals surface area contributed by atoms with Gasteiger partial charge in [-0.3, -0.25) is 62.9 Å². The zero-order valence-electron chi connectivity index (χ0n) is 43.4. The molecule has 0 saturated carbocycles. The molecule has 0 unspecified atom stereocenters. The highest BCUT2D eigenvalue weighted by Crippen LogP contribution is 2.23. The molecule has 0 aliphatic carbocycles. The van der Waals surface area contributed by atoms with E-state index in [9.17, 15) is 77.6 Å². The third kappa shape index (κ3) is 18.9. The SMILES string of the molecule is N=C(N)NCCC[C@H](NC(=O)[C@@H]1CCCN1C(=O)[C@H](CC(N)=O)NC(=O)[C@H](Cc1c[nH]c2ccccc12)NC(=O)[C@H](CO)NC(=O)[C@@H](N)CCC(=O)O)C(=O)N[C@@H](CC(=O)O)C(=O)N1CCC[C@H]1C(=O)N[C@@H](CCC(N)=O)C(=O)O. The van der Waals surface area contributed by atoms with E-state index in [0.717, 1.165) is 9.80 Å². The lowest BCUT2D eigenvalue weighted by atomic mass is 10.0. The van der Waals surface area contributed by atoms with Gasteiger partial charge in [0, 0.05) is 56.0 Å². The lowest BCUT2D eigenvalue weighted by molar-refractivity contribution is -0.147. The van der Waals surface area contributed by atoms with Crippen molar-refractivity contribution in [2.24, 2.45) is 22.9 Å². The summed E-state index contributed by atoms with van der Waals surface area (Å²) in [5.74, 6) is -14.9. The molecule has 0 spiro atoms. The first-order valence-electron chi connectivity index (χ1n) is 25.5. The fraction of sp³-hybridized carbons (Fsp3) is 0.542. The van der Waals surface area contributed by atoms with Crippen LogP contribution in [-0.2, 0) is 68.7 Å². The highest BCUT2D eigenvalue weighted by Gasteiger charge is 2.43. The second-order valence-electron chi connectivity index (χ2n) is 19.1. The molecule has 0 radical (unpaired) electrons. The van der Waals surface area contributed by atoms with Crippen molar-refractivity contribution in [3.8, 4) is 0 Å². The van der Waals surface area contributed by atoms with Crippen molar-refractivity contribution in [1.82, 2.24) is 52.0 Å². The first kappa shape index (κ1) is 63.6. The smallest absolute Gasteiger partial charge is 0.326 e. The highest BCUT2D eigenvalue weighted by atomic mass is 16.4. The molecule has 2 saturated heterocycles. The molecule has 2 fully saturated rings. The number of aliphatic hydroxyl groups is 1. The summed E-state index contributed by atoms with van der Waals surface area (Å²) >= 11 is 0. The summed E-state index contributed by atoms with van der Waals surface area (Å²) in [6, 6.07) is -7.37. The Bertz CT molecular complexity index is 2670. The summed E-state index contributed by atoms with van der Waals surface area (Å²) in [7, 11) is 0. The monoisotopic (exact) mass is 1130 g/mol. The number of hydrogen-bond acceptors (Lipinski definition) is 16. The van der Waals surface area contributed by atoms with Crippen LogP contribution in [0.2, 0.25) is 0 Å². The van der Waals surface area contributed by atoms with Gasteiger partial charge >= 0.3 is 17.9 Å². The zero-order chi connectivity index (χ0) is 59.4. The largest absolute Gasteiger partial charge is 0.481 e. The number of nitrogens with one attached hydrogen (secondary N) is 9. The number of H-pyrrole nitrogens is 1. The van der Waals surface area contributed by atoms with Gasteiger partial charge in [0.15, 0.2) is 5.96 Å². The number of carboxylic acids is 3. The number of likely N-dealkylation sites (tertiary alicyclic amines) is 2. The number of hydrogen-bond donors (Lipinski definition) is 17. The predicted octanol–water partition coefficient (Wildman–Crippen LogP) is -6.25. The average Bonchev–Trinajstić information content (AvgIpc) is 4.20. The summed E-state index contributed by atoms with van der Waals surface area (Å²) in [6.45, 7) is -1.28. The molecule has 32 nitrogen and oxygen atoms in total. The number of carbonyl (C=O) groups excluding carboxylic acids is 10. The number of aliphatic hydroxyl groups excluding tert-OH is 1. The molecule has 4 rings (SSSR count). The molecule has 32 heteroatoms. The van der Waals surface area contributed by atoms with E-state index in [0.29, 0.717) is 16.5 Å². The van der Waals surface area contributed by atoms with Crippen molar-refractivity contribution >= 4 is 93.8 Å². The number of primary amides is 2. The second-order valence-corrected chi connectivity index (χ2v) is 19.1. The molecule has 2 aliphatic rings. The molecule has 2 aliphatic heterocycles. The molecule has 0 bridgehead atoms. The van der Waals surface area contributed by atoms with Gasteiger partial charge in [-0.15, -0.1) is 0 Å². The minimum Gasteiger partial charge on any atom is -0.481 e. The van der Waals surface area contributed by atoms with Crippen LogP contribution < -0.4 is 60.2 Å². The van der Waals surface area contributed by atoms with Gasteiger partial charge in [-0.05, 0) is 63.0 Å². The lowest BCUT2D eigenvalue weighted by Crippen LogP contribution is -2.61. The Morgan fingerprint density at radius 1 is 0.625 bits per heavy atom. The van der Waals surface area contributed by atoms with Crippen molar-refractivity contribution in [2.45, 2.75) is 138 Å². The Balaban J connectivity index is 1.58. The van der Waals surface area contributed by atoms with Gasteiger partial charge in [0.1, 0.15) is 48.3 Å². The molecule has 9 atom stereocenters. The minimum atomic E-state index is -1.86. The number of aromatic amines is 1. The number of nitrogens with zero attached hydrogens (tertiary/aromatic N) is 2. The molecule has 80 heavy (non-hydrogen) atoms. The van der Waals surface area contributed by atoms with E-state index in [1.54, 1.807) is 30.5 Å². The molecule has 2 aromatic rings. The van der Waals surface area contributed by atoms with Gasteiger partial charge in [-0.2, -0.15) is 0 Å². The zero-order valence-corrected chi connectivity index (χ0v) is 43.4. The summed E-state index contributed by atoms with van der Waals surface area (Å²) in [5.41, 5.74) is 23.0. The van der Waals surface area contributed by atoms with Gasteiger partial charge in [0.05, 0.1) is 25.5 Å². The first-order chi connectivity index (χ1) is 37.8. The van der Waals surface area contributed by atoms with Crippen LogP contribution in [0.25, 0.3) is 10.9 Å². The second kappa shape index (κ2) is 30.3. The number of aromatic nitrogens is 1. The molecular weight excluding hydrogens is 1060 g/mol.